The zero-order chi connectivity index (χ0) is 7.02. The fraction of sp³-hybridized carbons (Fsp3) is 1.00. The van der Waals surface area contributed by atoms with Crippen LogP contribution in [0.4, 0.5) is 0 Å². The molecular weight excluding hydrogens is 252 g/mol. The highest BCUT2D eigenvalue weighted by atomic mass is 79.9. The average Bonchev–Trinajstić information content (AvgIpc) is 1.98. The summed E-state index contributed by atoms with van der Waals surface area (Å²) in [6.45, 7) is 0. The van der Waals surface area contributed by atoms with Crippen molar-refractivity contribution >= 4 is 31.9 Å². The van der Waals surface area contributed by atoms with E-state index in [1.165, 1.54) is 0 Å². The van der Waals surface area contributed by atoms with Crippen LogP contribution in [-0.4, -0.2) is 32.1 Å². The lowest BCUT2D eigenvalue weighted by atomic mass is 10.3. The Kier molecular flexibility index (Phi) is 2.54. The van der Waals surface area contributed by atoms with Crippen LogP contribution in [0.15, 0.2) is 0 Å². The quantitative estimate of drug-likeness (QED) is 0.627. The molecular formula is C5H8Br2O2. The molecule has 1 fully saturated rings. The maximum atomic E-state index is 9.11. The zero-order valence-corrected chi connectivity index (χ0v) is 7.84. The lowest BCUT2D eigenvalue weighted by Gasteiger charge is -2.10. The van der Waals surface area contributed by atoms with E-state index in [1.807, 2.05) is 0 Å². The monoisotopic (exact) mass is 258 g/mol. The Hall–Kier alpha value is 0.880. The van der Waals surface area contributed by atoms with Crippen molar-refractivity contribution in [2.75, 3.05) is 0 Å². The molecule has 2 N–H and O–H groups in total. The number of hydrogen-bond donors (Lipinski definition) is 2. The van der Waals surface area contributed by atoms with E-state index in [-0.39, 0.29) is 9.65 Å². The maximum absolute atomic E-state index is 9.11. The minimum Gasteiger partial charge on any atom is -0.389 e. The SMILES string of the molecule is O[C@@H]1[C@H](O)[C@@H](Br)C[C@@H]1Br. The van der Waals surface area contributed by atoms with Crippen molar-refractivity contribution in [1.29, 1.82) is 0 Å². The second-order valence-corrected chi connectivity index (χ2v) is 4.60. The Morgan fingerprint density at radius 3 is 1.44 bits per heavy atom. The van der Waals surface area contributed by atoms with Gasteiger partial charge in [-0.25, -0.2) is 0 Å². The van der Waals surface area contributed by atoms with Gasteiger partial charge in [0.15, 0.2) is 0 Å². The molecule has 0 aromatic rings. The standard InChI is InChI=1S/C5H8Br2O2/c6-2-1-3(7)5(9)4(2)8/h2-5,8-9H,1H2/t2-,3-,4-,5+/m0/s1. The van der Waals surface area contributed by atoms with Crippen LogP contribution in [0.1, 0.15) is 6.42 Å². The van der Waals surface area contributed by atoms with E-state index in [4.69, 9.17) is 10.2 Å². The molecule has 0 spiro atoms. The second-order valence-electron chi connectivity index (χ2n) is 2.25. The van der Waals surface area contributed by atoms with Gasteiger partial charge in [0.2, 0.25) is 0 Å². The number of aliphatic hydroxyl groups is 2. The molecule has 0 unspecified atom stereocenters. The van der Waals surface area contributed by atoms with E-state index in [0.717, 1.165) is 6.42 Å². The van der Waals surface area contributed by atoms with Crippen LogP contribution >= 0.6 is 31.9 Å². The Morgan fingerprint density at radius 2 is 1.33 bits per heavy atom. The van der Waals surface area contributed by atoms with E-state index in [9.17, 15) is 0 Å². The van der Waals surface area contributed by atoms with Crippen LogP contribution in [-0.2, 0) is 0 Å². The summed E-state index contributed by atoms with van der Waals surface area (Å²) in [4.78, 5) is 0.0775. The van der Waals surface area contributed by atoms with Gasteiger partial charge in [-0.1, -0.05) is 31.9 Å². The average molecular weight is 260 g/mol. The normalized spacial score (nSPS) is 52.0. The van der Waals surface area contributed by atoms with Crippen LogP contribution in [0.3, 0.4) is 0 Å². The summed E-state index contributed by atoms with van der Waals surface area (Å²) in [7, 11) is 0. The van der Waals surface area contributed by atoms with Crippen molar-refractivity contribution in [3.8, 4) is 0 Å². The molecule has 1 saturated carbocycles. The van der Waals surface area contributed by atoms with Gasteiger partial charge in [-0.3, -0.25) is 0 Å². The van der Waals surface area contributed by atoms with Crippen molar-refractivity contribution in [2.24, 2.45) is 0 Å². The van der Waals surface area contributed by atoms with Gasteiger partial charge in [-0.15, -0.1) is 0 Å². The summed E-state index contributed by atoms with van der Waals surface area (Å²) in [6.07, 6.45) is -0.453. The summed E-state index contributed by atoms with van der Waals surface area (Å²) < 4.78 is 0. The molecule has 1 rings (SSSR count). The molecule has 0 aliphatic heterocycles. The van der Waals surface area contributed by atoms with Gasteiger partial charge in [-0.05, 0) is 6.42 Å². The number of hydrogen-bond acceptors (Lipinski definition) is 2. The van der Waals surface area contributed by atoms with Crippen LogP contribution < -0.4 is 0 Å². The maximum Gasteiger partial charge on any atom is 0.0935 e. The number of halogens is 2. The third-order valence-corrected chi connectivity index (χ3v) is 3.37. The van der Waals surface area contributed by atoms with E-state index in [2.05, 4.69) is 31.9 Å². The fourth-order valence-corrected chi connectivity index (χ4v) is 2.85. The first-order chi connectivity index (χ1) is 4.13. The lowest BCUT2D eigenvalue weighted by Crippen LogP contribution is -2.28. The first-order valence-electron chi connectivity index (χ1n) is 2.77. The zero-order valence-electron chi connectivity index (χ0n) is 4.67. The second kappa shape index (κ2) is 2.86. The molecule has 0 amide bonds. The van der Waals surface area contributed by atoms with Gasteiger partial charge in [0.1, 0.15) is 0 Å². The number of rotatable bonds is 0. The van der Waals surface area contributed by atoms with E-state index >= 15 is 0 Å². The van der Waals surface area contributed by atoms with E-state index < -0.39 is 12.2 Å². The van der Waals surface area contributed by atoms with Crippen molar-refractivity contribution in [3.05, 3.63) is 0 Å². The van der Waals surface area contributed by atoms with Gasteiger partial charge < -0.3 is 10.2 Å². The summed E-state index contributed by atoms with van der Waals surface area (Å²) in [6, 6.07) is 0. The molecule has 4 heteroatoms. The molecule has 0 bridgehead atoms. The van der Waals surface area contributed by atoms with Gasteiger partial charge in [0.25, 0.3) is 0 Å². The van der Waals surface area contributed by atoms with Crippen molar-refractivity contribution in [2.45, 2.75) is 28.3 Å². The molecule has 54 valence electrons. The molecule has 0 radical (unpaired) electrons. The predicted octanol–water partition coefficient (Wildman–Crippen LogP) is 0.639. The van der Waals surface area contributed by atoms with Crippen LogP contribution in [0.2, 0.25) is 0 Å². The highest BCUT2D eigenvalue weighted by molar-refractivity contribution is 9.10. The molecule has 2 nitrogen and oxygen atoms in total. The molecule has 1 aliphatic carbocycles. The highest BCUT2D eigenvalue weighted by Crippen LogP contribution is 2.31. The van der Waals surface area contributed by atoms with Crippen molar-refractivity contribution < 1.29 is 10.2 Å². The third kappa shape index (κ3) is 1.48. The summed E-state index contributed by atoms with van der Waals surface area (Å²) in [5, 5.41) is 18.2. The van der Waals surface area contributed by atoms with Gasteiger partial charge in [0, 0.05) is 9.65 Å². The molecule has 0 saturated heterocycles. The lowest BCUT2D eigenvalue weighted by molar-refractivity contribution is 0.0503. The Morgan fingerprint density at radius 1 is 1.00 bits per heavy atom. The van der Waals surface area contributed by atoms with Gasteiger partial charge in [0.05, 0.1) is 12.2 Å². The van der Waals surface area contributed by atoms with Crippen LogP contribution in [0, 0.1) is 0 Å². The Labute approximate surface area is 70.5 Å². The van der Waals surface area contributed by atoms with Gasteiger partial charge in [-0.2, -0.15) is 0 Å². The minimum absolute atomic E-state index is 0.0388. The Bertz CT molecular complexity index is 97.1. The Balaban J connectivity index is 2.54. The topological polar surface area (TPSA) is 40.5 Å². The highest BCUT2D eigenvalue weighted by Gasteiger charge is 2.38. The summed E-state index contributed by atoms with van der Waals surface area (Å²) >= 11 is 6.49. The van der Waals surface area contributed by atoms with Crippen LogP contribution in [0.5, 0.6) is 0 Å². The first kappa shape index (κ1) is 7.98. The number of alkyl halides is 2. The molecule has 0 aromatic carbocycles. The smallest absolute Gasteiger partial charge is 0.0935 e. The van der Waals surface area contributed by atoms with Crippen molar-refractivity contribution in [1.82, 2.24) is 0 Å². The first-order valence-corrected chi connectivity index (χ1v) is 4.60. The summed E-state index contributed by atoms with van der Waals surface area (Å²) in [5.41, 5.74) is 0. The molecule has 0 heterocycles. The largest absolute Gasteiger partial charge is 0.389 e. The van der Waals surface area contributed by atoms with Crippen molar-refractivity contribution in [3.63, 3.8) is 0 Å². The molecule has 9 heavy (non-hydrogen) atoms. The molecule has 4 atom stereocenters. The molecule has 1 aliphatic rings. The minimum atomic E-state index is -0.616. The third-order valence-electron chi connectivity index (χ3n) is 1.54. The molecule has 0 aromatic heterocycles. The fourth-order valence-electron chi connectivity index (χ4n) is 0.922. The van der Waals surface area contributed by atoms with Crippen LogP contribution in [0.25, 0.3) is 0 Å². The predicted molar refractivity (Wildman–Crippen MR) is 42.1 cm³/mol. The number of aliphatic hydroxyl groups excluding tert-OH is 2. The van der Waals surface area contributed by atoms with E-state index in [0.29, 0.717) is 0 Å². The van der Waals surface area contributed by atoms with E-state index in [1.54, 1.807) is 0 Å². The summed E-state index contributed by atoms with van der Waals surface area (Å²) in [5.74, 6) is 0. The van der Waals surface area contributed by atoms with Gasteiger partial charge >= 0.3 is 0 Å².